The number of carbonyl (C=O) groups excluding carboxylic acids is 1. The molecule has 0 spiro atoms. The number of amides is 1. The summed E-state index contributed by atoms with van der Waals surface area (Å²) in [4.78, 5) is 20.1. The fraction of sp³-hybridized carbons (Fsp3) is 0.680. The number of carbonyl (C=O) groups is 1. The number of benzene rings is 1. The van der Waals surface area contributed by atoms with Crippen LogP contribution in [-0.2, 0) is 22.5 Å². The summed E-state index contributed by atoms with van der Waals surface area (Å²) in [5, 5.41) is 2.84. The molecule has 2 N–H and O–H groups in total. The number of halogens is 2. The van der Waals surface area contributed by atoms with Gasteiger partial charge < -0.3 is 15.0 Å². The fourth-order valence-corrected chi connectivity index (χ4v) is 4.59. The highest BCUT2D eigenvalue weighted by Crippen LogP contribution is 2.43. The third kappa shape index (κ3) is 6.74. The number of aromatic amines is 1. The summed E-state index contributed by atoms with van der Waals surface area (Å²) in [6.07, 6.45) is 7.30. The van der Waals surface area contributed by atoms with Crippen molar-refractivity contribution in [1.82, 2.24) is 15.3 Å². The first-order valence-electron chi connectivity index (χ1n) is 11.9. The summed E-state index contributed by atoms with van der Waals surface area (Å²) in [5.74, 6) is -1.41. The van der Waals surface area contributed by atoms with Gasteiger partial charge in [0.1, 0.15) is 5.82 Å². The third-order valence-corrected chi connectivity index (χ3v) is 6.37. The summed E-state index contributed by atoms with van der Waals surface area (Å²) in [6.45, 7) is 5.45. The van der Waals surface area contributed by atoms with Crippen LogP contribution < -0.4 is 5.32 Å². The molecule has 0 radical (unpaired) electrons. The van der Waals surface area contributed by atoms with Gasteiger partial charge >= 0.3 is 0 Å². The van der Waals surface area contributed by atoms with Crippen LogP contribution >= 0.6 is 0 Å². The van der Waals surface area contributed by atoms with Crippen molar-refractivity contribution in [1.29, 1.82) is 0 Å². The molecule has 1 aromatic carbocycles. The van der Waals surface area contributed by atoms with Crippen molar-refractivity contribution in [3.05, 3.63) is 29.6 Å². The zero-order valence-electron chi connectivity index (χ0n) is 19.2. The summed E-state index contributed by atoms with van der Waals surface area (Å²) >= 11 is 0. The fourth-order valence-electron chi connectivity index (χ4n) is 4.59. The predicted octanol–water partition coefficient (Wildman–Crippen LogP) is 5.53. The SMILES string of the molecule is C1CC1.CC1(C)CC(Cc2nc3ccc(CNC(=O)CC4CC(F)(F)C4)cc3[nH]2)CCO1. The number of H-pyrrole nitrogens is 1. The number of imidazole rings is 1. The molecule has 32 heavy (non-hydrogen) atoms. The van der Waals surface area contributed by atoms with Gasteiger partial charge in [-0.25, -0.2) is 13.8 Å². The van der Waals surface area contributed by atoms with Gasteiger partial charge in [0, 0.05) is 38.8 Å². The van der Waals surface area contributed by atoms with Gasteiger partial charge in [0.15, 0.2) is 0 Å². The van der Waals surface area contributed by atoms with Gasteiger partial charge in [-0.3, -0.25) is 4.79 Å². The molecule has 1 saturated heterocycles. The molecule has 2 aliphatic carbocycles. The Bertz CT molecular complexity index is 928. The van der Waals surface area contributed by atoms with Gasteiger partial charge in [0.2, 0.25) is 11.8 Å². The van der Waals surface area contributed by atoms with Gasteiger partial charge in [-0.1, -0.05) is 25.3 Å². The standard InChI is InChI=1S/C22H29F2N3O2.C3H6/c1-21(2)10-14(5-6-29-21)8-19-26-17-4-3-15(7-18(17)27-19)13-25-20(28)9-16-11-22(23,24)12-16;1-2-3-1/h3-4,7,14,16H,5-6,8-13H2,1-2H3,(H,25,28)(H,26,27);1-3H2. The van der Waals surface area contributed by atoms with E-state index >= 15 is 0 Å². The molecule has 0 bridgehead atoms. The van der Waals surface area contributed by atoms with E-state index in [4.69, 9.17) is 9.72 Å². The number of nitrogens with zero attached hydrogens (tertiary/aromatic N) is 1. The Morgan fingerprint density at radius 1 is 1.19 bits per heavy atom. The van der Waals surface area contributed by atoms with Crippen LogP contribution in [0, 0.1) is 11.8 Å². The molecule has 1 amide bonds. The van der Waals surface area contributed by atoms with Gasteiger partial charge in [0.25, 0.3) is 0 Å². The molecule has 1 atom stereocenters. The second kappa shape index (κ2) is 9.46. The van der Waals surface area contributed by atoms with Crippen molar-refractivity contribution in [3.63, 3.8) is 0 Å². The van der Waals surface area contributed by atoms with Crippen molar-refractivity contribution in [2.75, 3.05) is 6.61 Å². The number of rotatable bonds is 6. The second-order valence-corrected chi connectivity index (χ2v) is 10.4. The van der Waals surface area contributed by atoms with E-state index < -0.39 is 5.92 Å². The number of nitrogens with one attached hydrogen (secondary N) is 2. The first-order valence-corrected chi connectivity index (χ1v) is 11.9. The number of fused-ring (bicyclic) bond motifs is 1. The molecule has 3 aliphatic rings. The number of aromatic nitrogens is 2. The monoisotopic (exact) mass is 447 g/mol. The Kier molecular flexibility index (Phi) is 6.84. The van der Waals surface area contributed by atoms with E-state index in [1.807, 2.05) is 18.2 Å². The zero-order valence-corrected chi connectivity index (χ0v) is 19.2. The van der Waals surface area contributed by atoms with Crippen molar-refractivity contribution in [2.45, 2.75) is 89.7 Å². The molecule has 1 unspecified atom stereocenters. The summed E-state index contributed by atoms with van der Waals surface area (Å²) < 4.78 is 31.6. The van der Waals surface area contributed by atoms with Crippen molar-refractivity contribution >= 4 is 16.9 Å². The van der Waals surface area contributed by atoms with Crippen LogP contribution in [0.1, 0.15) is 76.6 Å². The highest BCUT2D eigenvalue weighted by atomic mass is 19.3. The predicted molar refractivity (Wildman–Crippen MR) is 121 cm³/mol. The Labute approximate surface area is 188 Å². The van der Waals surface area contributed by atoms with Crippen LogP contribution in [0.15, 0.2) is 18.2 Å². The molecular weight excluding hydrogens is 412 g/mol. The second-order valence-electron chi connectivity index (χ2n) is 10.4. The molecular formula is C25H35F2N3O2. The normalized spacial score (nSPS) is 23.7. The van der Waals surface area contributed by atoms with Crippen molar-refractivity contribution < 1.29 is 18.3 Å². The minimum absolute atomic E-state index is 0.0737. The van der Waals surface area contributed by atoms with Gasteiger partial charge in [-0.2, -0.15) is 0 Å². The topological polar surface area (TPSA) is 67.0 Å². The maximum atomic E-state index is 12.9. The molecule has 2 heterocycles. The maximum absolute atomic E-state index is 12.9. The molecule has 5 rings (SSSR count). The first-order chi connectivity index (χ1) is 15.2. The smallest absolute Gasteiger partial charge is 0.248 e. The molecule has 2 saturated carbocycles. The lowest BCUT2D eigenvalue weighted by atomic mass is 9.79. The average Bonchev–Trinajstić information content (AvgIpc) is 3.51. The van der Waals surface area contributed by atoms with E-state index in [0.29, 0.717) is 12.5 Å². The quantitative estimate of drug-likeness (QED) is 0.612. The lowest BCUT2D eigenvalue weighted by Gasteiger charge is -2.35. The lowest BCUT2D eigenvalue weighted by Crippen LogP contribution is -2.38. The van der Waals surface area contributed by atoms with Crippen LogP contribution in [0.4, 0.5) is 8.78 Å². The largest absolute Gasteiger partial charge is 0.376 e. The molecule has 1 aliphatic heterocycles. The van der Waals surface area contributed by atoms with E-state index in [1.165, 1.54) is 19.3 Å². The van der Waals surface area contributed by atoms with E-state index in [1.54, 1.807) is 0 Å². The van der Waals surface area contributed by atoms with Crippen LogP contribution in [0.25, 0.3) is 11.0 Å². The van der Waals surface area contributed by atoms with Crippen molar-refractivity contribution in [3.8, 4) is 0 Å². The maximum Gasteiger partial charge on any atom is 0.248 e. The third-order valence-electron chi connectivity index (χ3n) is 6.37. The van der Waals surface area contributed by atoms with Gasteiger partial charge in [-0.05, 0) is 56.2 Å². The van der Waals surface area contributed by atoms with Crippen LogP contribution in [0.3, 0.4) is 0 Å². The summed E-state index contributed by atoms with van der Waals surface area (Å²) in [6, 6.07) is 5.90. The minimum Gasteiger partial charge on any atom is -0.376 e. The Balaban J connectivity index is 0.000000754. The number of alkyl halides is 2. The summed E-state index contributed by atoms with van der Waals surface area (Å²) in [5.41, 5.74) is 2.76. The number of hydrogen-bond donors (Lipinski definition) is 2. The first kappa shape index (κ1) is 23.1. The van der Waals surface area contributed by atoms with Gasteiger partial charge in [-0.15, -0.1) is 0 Å². The highest BCUT2D eigenvalue weighted by molar-refractivity contribution is 5.78. The van der Waals surface area contributed by atoms with Gasteiger partial charge in [0.05, 0.1) is 16.6 Å². The molecule has 5 nitrogen and oxygen atoms in total. The van der Waals surface area contributed by atoms with E-state index in [0.717, 1.165) is 48.3 Å². The highest BCUT2D eigenvalue weighted by Gasteiger charge is 2.45. The Hall–Kier alpha value is -2.02. The van der Waals surface area contributed by atoms with Crippen LogP contribution in [0.5, 0.6) is 0 Å². The average molecular weight is 448 g/mol. The van der Waals surface area contributed by atoms with Crippen LogP contribution in [0.2, 0.25) is 0 Å². The molecule has 1 aromatic heterocycles. The number of hydrogen-bond acceptors (Lipinski definition) is 3. The molecule has 3 fully saturated rings. The Morgan fingerprint density at radius 2 is 1.94 bits per heavy atom. The van der Waals surface area contributed by atoms with E-state index in [9.17, 15) is 13.6 Å². The number of ether oxygens (including phenoxy) is 1. The zero-order chi connectivity index (χ0) is 22.8. The van der Waals surface area contributed by atoms with Crippen molar-refractivity contribution in [2.24, 2.45) is 11.8 Å². The lowest BCUT2D eigenvalue weighted by molar-refractivity contribution is -0.133. The summed E-state index contributed by atoms with van der Waals surface area (Å²) in [7, 11) is 0. The van der Waals surface area contributed by atoms with E-state index in [-0.39, 0.29) is 36.7 Å². The molecule has 2 aromatic rings. The Morgan fingerprint density at radius 3 is 2.59 bits per heavy atom. The molecule has 7 heteroatoms. The molecule has 176 valence electrons. The van der Waals surface area contributed by atoms with Crippen LogP contribution in [-0.4, -0.2) is 34.0 Å². The minimum atomic E-state index is -2.57. The van der Waals surface area contributed by atoms with E-state index in [2.05, 4.69) is 24.1 Å².